The molecule has 2 aromatic carbocycles. The SMILES string of the molecule is Cn1nnnc1SCC1=C(C(=O)O)N2C(=O)C(NC(=O)[C@@H](NC(=O)c3cc(Cl)ccc3[N+](=O)[O-])c3ccccc3)[C@@H]2SC1. The van der Waals surface area contributed by atoms with Crippen molar-refractivity contribution >= 4 is 64.5 Å². The van der Waals surface area contributed by atoms with Gasteiger partial charge in [-0.2, -0.15) is 0 Å². The van der Waals surface area contributed by atoms with Crippen LogP contribution in [0.4, 0.5) is 5.69 Å². The van der Waals surface area contributed by atoms with Crippen molar-refractivity contribution in [3.05, 3.63) is 86.1 Å². The molecule has 3 amide bonds. The van der Waals surface area contributed by atoms with Gasteiger partial charge in [0.15, 0.2) is 0 Å². The number of carboxylic acid groups (broad SMARTS) is 1. The van der Waals surface area contributed by atoms with Gasteiger partial charge in [0.05, 0.1) is 4.92 Å². The summed E-state index contributed by atoms with van der Waals surface area (Å²) in [5, 5.41) is 37.6. The number of tetrazole rings is 1. The van der Waals surface area contributed by atoms with Crippen molar-refractivity contribution in [1.29, 1.82) is 0 Å². The van der Waals surface area contributed by atoms with E-state index in [2.05, 4.69) is 26.2 Å². The van der Waals surface area contributed by atoms with Crippen LogP contribution in [0.5, 0.6) is 0 Å². The summed E-state index contributed by atoms with van der Waals surface area (Å²) in [4.78, 5) is 64.0. The Morgan fingerprint density at radius 3 is 2.65 bits per heavy atom. The molecule has 1 unspecified atom stereocenters. The number of nitro benzene ring substituents is 1. The van der Waals surface area contributed by atoms with Crippen LogP contribution in [0.3, 0.4) is 0 Å². The summed E-state index contributed by atoms with van der Waals surface area (Å²) in [6.07, 6.45) is 0. The van der Waals surface area contributed by atoms with Gasteiger partial charge in [0.2, 0.25) is 11.1 Å². The number of nitrogens with one attached hydrogen (secondary N) is 2. The average Bonchev–Trinajstić information content (AvgIpc) is 3.41. The van der Waals surface area contributed by atoms with E-state index in [0.717, 1.165) is 17.0 Å². The number of thioether (sulfide) groups is 2. The molecular formula is C25H21ClN8O7S2. The molecule has 43 heavy (non-hydrogen) atoms. The summed E-state index contributed by atoms with van der Waals surface area (Å²) in [6, 6.07) is 9.17. The first kappa shape index (κ1) is 30.0. The van der Waals surface area contributed by atoms with Crippen molar-refractivity contribution in [2.45, 2.75) is 22.6 Å². The molecule has 2 aliphatic rings. The van der Waals surface area contributed by atoms with Gasteiger partial charge in [-0.1, -0.05) is 53.7 Å². The van der Waals surface area contributed by atoms with Gasteiger partial charge >= 0.3 is 5.97 Å². The van der Waals surface area contributed by atoms with Gasteiger partial charge in [-0.3, -0.25) is 29.4 Å². The van der Waals surface area contributed by atoms with Gasteiger partial charge in [0.1, 0.15) is 28.7 Å². The van der Waals surface area contributed by atoms with Crippen LogP contribution in [0.2, 0.25) is 5.02 Å². The van der Waals surface area contributed by atoms with Crippen LogP contribution in [0.25, 0.3) is 0 Å². The zero-order valence-corrected chi connectivity index (χ0v) is 24.4. The quantitative estimate of drug-likeness (QED) is 0.125. The maximum Gasteiger partial charge on any atom is 0.352 e. The van der Waals surface area contributed by atoms with Gasteiger partial charge in [-0.05, 0) is 33.7 Å². The number of hydrogen-bond donors (Lipinski definition) is 3. The summed E-state index contributed by atoms with van der Waals surface area (Å²) >= 11 is 8.48. The number of halogens is 1. The summed E-state index contributed by atoms with van der Waals surface area (Å²) in [5.41, 5.74) is -0.171. The number of carbonyl (C=O) groups excluding carboxylic acids is 3. The van der Waals surface area contributed by atoms with E-state index in [0.29, 0.717) is 16.3 Å². The number of nitro groups is 1. The standard InChI is InChI=1S/C25H21ClN8O7S2/c1-32-25(29-30-31-32)43-11-13-10-42-23-18(22(37)33(23)19(13)24(38)39)28-21(36)17(12-5-3-2-4-6-12)27-20(35)15-9-14(26)7-8-16(15)34(40)41/h2-9,17-18,23H,10-11H2,1H3,(H,27,35)(H,28,36)(H,38,39)/t17-,18?,23-/m0/s1. The Morgan fingerprint density at radius 2 is 2.00 bits per heavy atom. The summed E-state index contributed by atoms with van der Waals surface area (Å²) in [5.74, 6) is -3.10. The van der Waals surface area contributed by atoms with Gasteiger partial charge in [0.25, 0.3) is 17.5 Å². The predicted octanol–water partition coefficient (Wildman–Crippen LogP) is 1.77. The molecule has 5 rings (SSSR count). The second-order valence-electron chi connectivity index (χ2n) is 9.26. The number of aliphatic carboxylic acids is 1. The first-order valence-electron chi connectivity index (χ1n) is 12.4. The van der Waals surface area contributed by atoms with E-state index in [9.17, 15) is 34.4 Å². The molecule has 222 valence electrons. The van der Waals surface area contributed by atoms with Gasteiger partial charge in [-0.25, -0.2) is 9.48 Å². The molecular weight excluding hydrogens is 624 g/mol. The molecule has 0 radical (unpaired) electrons. The lowest BCUT2D eigenvalue weighted by atomic mass is 10.0. The zero-order valence-electron chi connectivity index (χ0n) is 22.0. The molecule has 0 spiro atoms. The minimum Gasteiger partial charge on any atom is -0.477 e. The van der Waals surface area contributed by atoms with E-state index < -0.39 is 51.8 Å². The second kappa shape index (κ2) is 12.4. The van der Waals surface area contributed by atoms with Gasteiger partial charge < -0.3 is 15.7 Å². The van der Waals surface area contributed by atoms with E-state index in [1.165, 1.54) is 34.3 Å². The predicted molar refractivity (Wildman–Crippen MR) is 154 cm³/mol. The molecule has 1 fully saturated rings. The molecule has 15 nitrogen and oxygen atoms in total. The zero-order chi connectivity index (χ0) is 30.8. The molecule has 3 N–H and O–H groups in total. The van der Waals surface area contributed by atoms with Crippen LogP contribution >= 0.6 is 35.1 Å². The van der Waals surface area contributed by atoms with Crippen molar-refractivity contribution in [1.82, 2.24) is 35.7 Å². The first-order chi connectivity index (χ1) is 20.6. The fourth-order valence-corrected chi connectivity index (χ4v) is 7.04. The van der Waals surface area contributed by atoms with Crippen LogP contribution in [0.1, 0.15) is 22.0 Å². The Balaban J connectivity index is 1.35. The van der Waals surface area contributed by atoms with Crippen LogP contribution in [0, 0.1) is 10.1 Å². The molecule has 3 heterocycles. The summed E-state index contributed by atoms with van der Waals surface area (Å²) < 4.78 is 1.44. The monoisotopic (exact) mass is 644 g/mol. The van der Waals surface area contributed by atoms with Crippen molar-refractivity contribution in [2.75, 3.05) is 11.5 Å². The van der Waals surface area contributed by atoms with Crippen LogP contribution < -0.4 is 10.6 Å². The fourth-order valence-electron chi connectivity index (χ4n) is 4.53. The first-order valence-corrected chi connectivity index (χ1v) is 14.8. The number of rotatable bonds is 10. The molecule has 2 aliphatic heterocycles. The maximum atomic E-state index is 13.5. The number of carbonyl (C=O) groups is 4. The molecule has 0 bridgehead atoms. The normalized spacial score (nSPS) is 18.4. The highest BCUT2D eigenvalue weighted by atomic mass is 35.5. The van der Waals surface area contributed by atoms with Crippen molar-refractivity contribution in [3.63, 3.8) is 0 Å². The Kier molecular flexibility index (Phi) is 8.65. The Morgan fingerprint density at radius 1 is 1.26 bits per heavy atom. The highest BCUT2D eigenvalue weighted by Gasteiger charge is 2.54. The Hall–Kier alpha value is -4.48. The molecule has 1 saturated heterocycles. The van der Waals surface area contributed by atoms with Gasteiger partial charge in [0, 0.05) is 29.6 Å². The lowest BCUT2D eigenvalue weighted by molar-refractivity contribution is -0.385. The van der Waals surface area contributed by atoms with E-state index in [-0.39, 0.29) is 27.8 Å². The molecule has 3 atom stereocenters. The fraction of sp³-hybridized carbons (Fsp3) is 0.240. The minimum atomic E-state index is -1.34. The number of fused-ring (bicyclic) bond motifs is 1. The van der Waals surface area contributed by atoms with E-state index in [1.54, 1.807) is 37.4 Å². The number of amides is 3. The highest BCUT2D eigenvalue weighted by Crippen LogP contribution is 2.41. The second-order valence-corrected chi connectivity index (χ2v) is 11.7. The molecule has 1 aromatic heterocycles. The summed E-state index contributed by atoms with van der Waals surface area (Å²) in [6.45, 7) is 0. The molecule has 18 heteroatoms. The minimum absolute atomic E-state index is 0.0826. The van der Waals surface area contributed by atoms with E-state index >= 15 is 0 Å². The van der Waals surface area contributed by atoms with E-state index in [4.69, 9.17) is 11.6 Å². The molecule has 3 aromatic rings. The third kappa shape index (κ3) is 6.04. The summed E-state index contributed by atoms with van der Waals surface area (Å²) in [7, 11) is 1.65. The van der Waals surface area contributed by atoms with E-state index in [1.807, 2.05) is 0 Å². The maximum absolute atomic E-state index is 13.5. The lowest BCUT2D eigenvalue weighted by Crippen LogP contribution is -2.71. The van der Waals surface area contributed by atoms with Crippen molar-refractivity contribution < 1.29 is 29.2 Å². The van der Waals surface area contributed by atoms with Crippen LogP contribution in [-0.4, -0.2) is 81.7 Å². The Bertz CT molecular complexity index is 1670. The Labute approximate surface area is 256 Å². The molecule has 0 aliphatic carbocycles. The topological polar surface area (TPSA) is 203 Å². The highest BCUT2D eigenvalue weighted by molar-refractivity contribution is 8.01. The van der Waals surface area contributed by atoms with Crippen molar-refractivity contribution in [3.8, 4) is 0 Å². The van der Waals surface area contributed by atoms with Crippen LogP contribution in [0.15, 0.2) is 65.0 Å². The van der Waals surface area contributed by atoms with Crippen LogP contribution in [-0.2, 0) is 21.4 Å². The number of nitrogens with zero attached hydrogens (tertiary/aromatic N) is 6. The number of aryl methyl sites for hydroxylation is 1. The number of aromatic nitrogens is 4. The van der Waals surface area contributed by atoms with Crippen molar-refractivity contribution in [2.24, 2.45) is 7.05 Å². The number of hydrogen-bond acceptors (Lipinski definition) is 11. The third-order valence-corrected chi connectivity index (χ3v) is 9.25. The third-order valence-electron chi connectivity index (χ3n) is 6.57. The largest absolute Gasteiger partial charge is 0.477 e. The average molecular weight is 645 g/mol. The number of benzene rings is 2. The smallest absolute Gasteiger partial charge is 0.352 e. The number of β-lactam (4-membered cyclic amide) rings is 1. The number of carboxylic acids is 1. The molecule has 0 saturated carbocycles. The lowest BCUT2D eigenvalue weighted by Gasteiger charge is -2.49. The van der Waals surface area contributed by atoms with Gasteiger partial charge in [-0.15, -0.1) is 16.9 Å².